The number of alkyl halides is 3. The van der Waals surface area contributed by atoms with Crippen molar-refractivity contribution in [2.75, 3.05) is 6.54 Å². The Balaban J connectivity index is 2.01. The van der Waals surface area contributed by atoms with Crippen molar-refractivity contribution in [1.82, 2.24) is 5.32 Å². The smallest absolute Gasteiger partial charge is 0.375 e. The van der Waals surface area contributed by atoms with Gasteiger partial charge in [-0.1, -0.05) is 44.2 Å². The average Bonchev–Trinajstić information content (AvgIpc) is 2.52. The summed E-state index contributed by atoms with van der Waals surface area (Å²) in [5, 5.41) is 13.3. The van der Waals surface area contributed by atoms with E-state index in [-0.39, 0.29) is 11.6 Å². The molecule has 0 aliphatic heterocycles. The molecule has 1 fully saturated rings. The molecule has 2 rings (SSSR count). The molecule has 1 aromatic rings. The van der Waals surface area contributed by atoms with E-state index in [1.165, 1.54) is 24.3 Å². The van der Waals surface area contributed by atoms with Crippen molar-refractivity contribution in [3.8, 4) is 0 Å². The molecule has 0 bridgehead atoms. The van der Waals surface area contributed by atoms with Crippen LogP contribution >= 0.6 is 0 Å². The van der Waals surface area contributed by atoms with Crippen LogP contribution in [0.25, 0.3) is 0 Å². The summed E-state index contributed by atoms with van der Waals surface area (Å²) in [5.41, 5.74) is -2.96. The van der Waals surface area contributed by atoms with Crippen molar-refractivity contribution in [3.05, 3.63) is 35.9 Å². The van der Waals surface area contributed by atoms with Gasteiger partial charge in [0.05, 0.1) is 0 Å². The quantitative estimate of drug-likeness (QED) is 0.847. The van der Waals surface area contributed by atoms with Crippen molar-refractivity contribution < 1.29 is 18.3 Å². The molecule has 0 heterocycles. The topological polar surface area (TPSA) is 32.3 Å². The van der Waals surface area contributed by atoms with Crippen LogP contribution < -0.4 is 5.32 Å². The van der Waals surface area contributed by atoms with Gasteiger partial charge in [0.2, 0.25) is 0 Å². The molecule has 1 aromatic carbocycles. The minimum absolute atomic E-state index is 0.0441. The molecule has 1 aliphatic rings. The zero-order chi connectivity index (χ0) is 17.1. The van der Waals surface area contributed by atoms with Gasteiger partial charge in [-0.2, -0.15) is 13.2 Å². The summed E-state index contributed by atoms with van der Waals surface area (Å²) in [6, 6.07) is 7.36. The summed E-state index contributed by atoms with van der Waals surface area (Å²) in [4.78, 5) is 0. The van der Waals surface area contributed by atoms with Crippen molar-refractivity contribution in [3.63, 3.8) is 0 Å². The Kier molecular flexibility index (Phi) is 5.74. The van der Waals surface area contributed by atoms with E-state index >= 15 is 0 Å². The van der Waals surface area contributed by atoms with E-state index in [1.54, 1.807) is 6.07 Å². The van der Waals surface area contributed by atoms with Crippen LogP contribution in [-0.4, -0.2) is 23.9 Å². The van der Waals surface area contributed by atoms with Crippen molar-refractivity contribution in [2.45, 2.75) is 57.3 Å². The number of aliphatic hydroxyl groups is 1. The van der Waals surface area contributed by atoms with Crippen LogP contribution in [0.2, 0.25) is 0 Å². The first kappa shape index (κ1) is 18.3. The van der Waals surface area contributed by atoms with Crippen molar-refractivity contribution >= 4 is 0 Å². The van der Waals surface area contributed by atoms with Crippen LogP contribution in [0.5, 0.6) is 0 Å². The lowest BCUT2D eigenvalue weighted by Crippen LogP contribution is -2.52. The highest BCUT2D eigenvalue weighted by atomic mass is 19.4. The SMILES string of the molecule is CC(C)[C@H]1CC[C@H](NCC(O)(c2ccccc2)C(F)(F)F)CC1. The fraction of sp³-hybridized carbons (Fsp3) is 0.667. The van der Waals surface area contributed by atoms with Crippen LogP contribution in [0.1, 0.15) is 45.1 Å². The second-order valence-electron chi connectivity index (χ2n) is 6.96. The lowest BCUT2D eigenvalue weighted by atomic mass is 9.79. The molecular formula is C18H26F3NO. The predicted octanol–water partition coefficient (Wildman–Crippen LogP) is 4.24. The maximum absolute atomic E-state index is 13.4. The molecule has 23 heavy (non-hydrogen) atoms. The van der Waals surface area contributed by atoms with E-state index in [4.69, 9.17) is 0 Å². The number of hydrogen-bond donors (Lipinski definition) is 2. The second-order valence-corrected chi connectivity index (χ2v) is 6.96. The van der Waals surface area contributed by atoms with Crippen LogP contribution in [0.4, 0.5) is 13.2 Å². The molecule has 0 aromatic heterocycles. The van der Waals surface area contributed by atoms with Gasteiger partial charge in [0, 0.05) is 12.6 Å². The third-order valence-electron chi connectivity index (χ3n) is 5.08. The predicted molar refractivity (Wildman–Crippen MR) is 85.0 cm³/mol. The average molecular weight is 329 g/mol. The Labute approximate surface area is 136 Å². The molecule has 2 N–H and O–H groups in total. The van der Waals surface area contributed by atoms with E-state index in [2.05, 4.69) is 19.2 Å². The fourth-order valence-corrected chi connectivity index (χ4v) is 3.36. The lowest BCUT2D eigenvalue weighted by molar-refractivity contribution is -0.265. The van der Waals surface area contributed by atoms with Gasteiger partial charge >= 0.3 is 6.18 Å². The van der Waals surface area contributed by atoms with Gasteiger partial charge in [0.15, 0.2) is 5.60 Å². The summed E-state index contributed by atoms with van der Waals surface area (Å²) >= 11 is 0. The van der Waals surface area contributed by atoms with Crippen LogP contribution in [0.15, 0.2) is 30.3 Å². The van der Waals surface area contributed by atoms with Gasteiger partial charge in [-0.15, -0.1) is 0 Å². The number of rotatable bonds is 5. The Bertz CT molecular complexity index is 481. The maximum atomic E-state index is 13.4. The van der Waals surface area contributed by atoms with E-state index in [0.29, 0.717) is 11.8 Å². The third-order valence-corrected chi connectivity index (χ3v) is 5.08. The lowest BCUT2D eigenvalue weighted by Gasteiger charge is -2.36. The minimum atomic E-state index is -4.71. The molecule has 5 heteroatoms. The molecule has 130 valence electrons. The standard InChI is InChI=1S/C18H26F3NO/c1-13(2)14-8-10-16(11-9-14)22-12-17(23,18(19,20)21)15-6-4-3-5-7-15/h3-7,13-14,16,22-23H,8-12H2,1-2H3/t14-,16-,17?. The van der Waals surface area contributed by atoms with Gasteiger partial charge in [0.1, 0.15) is 0 Å². The molecule has 0 saturated heterocycles. The summed E-state index contributed by atoms with van der Waals surface area (Å²) in [5.74, 6) is 1.27. The number of halogens is 3. The third kappa shape index (κ3) is 4.27. The number of benzene rings is 1. The van der Waals surface area contributed by atoms with Gasteiger partial charge in [-0.25, -0.2) is 0 Å². The molecular weight excluding hydrogens is 303 g/mol. The molecule has 0 radical (unpaired) electrons. The summed E-state index contributed by atoms with van der Waals surface area (Å²) < 4.78 is 40.3. The summed E-state index contributed by atoms with van der Waals surface area (Å²) in [7, 11) is 0. The molecule has 1 saturated carbocycles. The minimum Gasteiger partial charge on any atom is -0.375 e. The van der Waals surface area contributed by atoms with Crippen LogP contribution in [0, 0.1) is 11.8 Å². The second kappa shape index (κ2) is 7.22. The van der Waals surface area contributed by atoms with E-state index < -0.39 is 18.3 Å². The molecule has 2 nitrogen and oxygen atoms in total. The first-order chi connectivity index (χ1) is 10.7. The Morgan fingerprint density at radius 3 is 2.13 bits per heavy atom. The Morgan fingerprint density at radius 2 is 1.65 bits per heavy atom. The van der Waals surface area contributed by atoms with Crippen molar-refractivity contribution in [2.24, 2.45) is 11.8 Å². The first-order valence-electron chi connectivity index (χ1n) is 8.32. The normalized spacial score (nSPS) is 25.3. The number of hydrogen-bond acceptors (Lipinski definition) is 2. The van der Waals surface area contributed by atoms with Crippen molar-refractivity contribution in [1.29, 1.82) is 0 Å². The maximum Gasteiger partial charge on any atom is 0.422 e. The van der Waals surface area contributed by atoms with Crippen LogP contribution in [-0.2, 0) is 5.60 Å². The Hall–Kier alpha value is -1.07. The van der Waals surface area contributed by atoms with E-state index in [9.17, 15) is 18.3 Å². The Morgan fingerprint density at radius 1 is 1.09 bits per heavy atom. The molecule has 0 amide bonds. The molecule has 0 spiro atoms. The van der Waals surface area contributed by atoms with Gasteiger partial charge < -0.3 is 10.4 Å². The summed E-state index contributed by atoms with van der Waals surface area (Å²) in [6.07, 6.45) is -0.913. The zero-order valence-electron chi connectivity index (χ0n) is 13.7. The van der Waals surface area contributed by atoms with Crippen LogP contribution in [0.3, 0.4) is 0 Å². The summed E-state index contributed by atoms with van der Waals surface area (Å²) in [6.45, 7) is 3.88. The number of nitrogens with one attached hydrogen (secondary N) is 1. The molecule has 1 atom stereocenters. The fourth-order valence-electron chi connectivity index (χ4n) is 3.36. The molecule has 1 unspecified atom stereocenters. The first-order valence-corrected chi connectivity index (χ1v) is 8.32. The van der Waals surface area contributed by atoms with Gasteiger partial charge in [-0.3, -0.25) is 0 Å². The molecule has 1 aliphatic carbocycles. The zero-order valence-corrected chi connectivity index (χ0v) is 13.7. The highest BCUT2D eigenvalue weighted by Gasteiger charge is 2.54. The van der Waals surface area contributed by atoms with Gasteiger partial charge in [-0.05, 0) is 43.1 Å². The largest absolute Gasteiger partial charge is 0.422 e. The van der Waals surface area contributed by atoms with E-state index in [1.807, 2.05) is 0 Å². The van der Waals surface area contributed by atoms with E-state index in [0.717, 1.165) is 25.7 Å². The highest BCUT2D eigenvalue weighted by Crippen LogP contribution is 2.39. The monoisotopic (exact) mass is 329 g/mol. The van der Waals surface area contributed by atoms with Gasteiger partial charge in [0.25, 0.3) is 0 Å². The highest BCUT2D eigenvalue weighted by molar-refractivity contribution is 5.24.